The fourth-order valence-corrected chi connectivity index (χ4v) is 7.57. The Morgan fingerprint density at radius 2 is 0.560 bits per heavy atom. The molecule has 0 spiro atoms. The van der Waals surface area contributed by atoms with Crippen LogP contribution >= 0.6 is 0 Å². The Morgan fingerprint density at radius 1 is 0.320 bits per heavy atom. The van der Waals surface area contributed by atoms with Crippen molar-refractivity contribution in [1.29, 1.82) is 0 Å². The predicted octanol–water partition coefficient (Wildman–Crippen LogP) is 8.83. The molecule has 0 aliphatic heterocycles. The molecule has 0 amide bonds. The zero-order valence-electron chi connectivity index (χ0n) is 18.3. The third-order valence-corrected chi connectivity index (χ3v) is 9.90. The molecule has 0 N–H and O–H groups in total. The van der Waals surface area contributed by atoms with Gasteiger partial charge in [0.15, 0.2) is 0 Å². The van der Waals surface area contributed by atoms with Gasteiger partial charge in [0, 0.05) is 0 Å². The van der Waals surface area contributed by atoms with E-state index in [1.54, 1.807) is 23.3 Å². The van der Waals surface area contributed by atoms with Crippen LogP contribution in [0.1, 0.15) is 142 Å². The number of rotatable bonds is 22. The van der Waals surface area contributed by atoms with E-state index in [9.17, 15) is 0 Å². The molecule has 0 unspecified atom stereocenters. The van der Waals surface area contributed by atoms with Crippen molar-refractivity contribution in [3.63, 3.8) is 0 Å². The first-order valence-corrected chi connectivity index (χ1v) is 16.6. The van der Waals surface area contributed by atoms with E-state index in [0.29, 0.717) is 0 Å². The Morgan fingerprint density at radius 3 is 0.840 bits per heavy atom. The van der Waals surface area contributed by atoms with E-state index in [-0.39, 0.29) is 15.4 Å². The molecule has 0 atom stereocenters. The Hall–Kier alpha value is 0.543. The molecule has 1 heteroatoms. The molecule has 0 aromatic heterocycles. The van der Waals surface area contributed by atoms with E-state index in [2.05, 4.69) is 13.8 Å². The first-order chi connectivity index (χ1) is 12.4. The molecule has 0 aliphatic rings. The minimum absolute atomic E-state index is 0.112. The van der Waals surface area contributed by atoms with Crippen LogP contribution in [0.15, 0.2) is 0 Å². The van der Waals surface area contributed by atoms with Gasteiger partial charge in [0.1, 0.15) is 0 Å². The van der Waals surface area contributed by atoms with Crippen LogP contribution < -0.4 is 0 Å². The molecule has 0 aromatic carbocycles. The average molecular weight is 413 g/mol. The van der Waals surface area contributed by atoms with Crippen molar-refractivity contribution in [2.24, 2.45) is 0 Å². The topological polar surface area (TPSA) is 0 Å². The van der Waals surface area contributed by atoms with Crippen LogP contribution in [-0.2, 0) is 0 Å². The molecule has 0 saturated heterocycles. The SMILES string of the molecule is CCCCCCCCCCC[CH2][GeH2][CH2]CCCCCCCCCCC. The third kappa shape index (κ3) is 24.5. The van der Waals surface area contributed by atoms with Gasteiger partial charge in [0.05, 0.1) is 0 Å². The predicted molar refractivity (Wildman–Crippen MR) is 122 cm³/mol. The summed E-state index contributed by atoms with van der Waals surface area (Å²) in [6, 6.07) is 0. The van der Waals surface area contributed by atoms with Crippen LogP contribution in [0.4, 0.5) is 0 Å². The maximum atomic E-state index is 2.31. The fourth-order valence-electron chi connectivity index (χ4n) is 3.86. The third-order valence-electron chi connectivity index (χ3n) is 5.71. The van der Waals surface area contributed by atoms with Gasteiger partial charge in [-0.05, 0) is 0 Å². The molecule has 0 bridgehead atoms. The summed E-state index contributed by atoms with van der Waals surface area (Å²) >= 11 is -0.112. The fraction of sp³-hybridized carbons (Fsp3) is 1.00. The number of hydrogen-bond donors (Lipinski definition) is 0. The van der Waals surface area contributed by atoms with Gasteiger partial charge in [-0.1, -0.05) is 0 Å². The van der Waals surface area contributed by atoms with Gasteiger partial charge in [0.25, 0.3) is 0 Å². The molecule has 0 saturated carbocycles. The number of hydrogen-bond acceptors (Lipinski definition) is 0. The van der Waals surface area contributed by atoms with Crippen molar-refractivity contribution >= 4 is 15.4 Å². The molecule has 0 heterocycles. The van der Waals surface area contributed by atoms with Crippen molar-refractivity contribution in [3.05, 3.63) is 0 Å². The van der Waals surface area contributed by atoms with E-state index in [4.69, 9.17) is 0 Å². The summed E-state index contributed by atoms with van der Waals surface area (Å²) in [5, 5.41) is 3.36. The Balaban J connectivity index is 2.94. The summed E-state index contributed by atoms with van der Waals surface area (Å²) in [6.45, 7) is 4.61. The van der Waals surface area contributed by atoms with Gasteiger partial charge in [-0.2, -0.15) is 0 Å². The Bertz CT molecular complexity index is 192. The van der Waals surface area contributed by atoms with E-state index >= 15 is 0 Å². The normalized spacial score (nSPS) is 11.3. The molecular weight excluding hydrogens is 361 g/mol. The summed E-state index contributed by atoms with van der Waals surface area (Å²) in [6.07, 6.45) is 29.9. The van der Waals surface area contributed by atoms with Crippen LogP contribution in [0.25, 0.3) is 0 Å². The minimum atomic E-state index is -0.112. The van der Waals surface area contributed by atoms with Crippen LogP contribution in [-0.4, -0.2) is 15.4 Å². The standard InChI is InChI=1S/C24H52Ge/c1-3-5-7-9-11-13-15-17-19-21-23-25-24-22-20-18-16-14-12-10-8-6-4-2/h3-25H2,1-2H3. The quantitative estimate of drug-likeness (QED) is 0.123. The Labute approximate surface area is 168 Å². The second-order valence-electron chi connectivity index (χ2n) is 8.42. The van der Waals surface area contributed by atoms with Crippen LogP contribution in [0, 0.1) is 0 Å². The molecule has 0 nitrogen and oxygen atoms in total. The van der Waals surface area contributed by atoms with Gasteiger partial charge < -0.3 is 0 Å². The zero-order chi connectivity index (χ0) is 18.3. The van der Waals surface area contributed by atoms with Crippen LogP contribution in [0.5, 0.6) is 0 Å². The summed E-state index contributed by atoms with van der Waals surface area (Å²) in [5.41, 5.74) is 0. The zero-order valence-corrected chi connectivity index (χ0v) is 21.2. The molecule has 152 valence electrons. The van der Waals surface area contributed by atoms with Crippen molar-refractivity contribution in [2.45, 2.75) is 153 Å². The molecule has 0 radical (unpaired) electrons. The summed E-state index contributed by atoms with van der Waals surface area (Å²) < 4.78 is 0. The molecular formula is C24H52Ge. The van der Waals surface area contributed by atoms with Crippen molar-refractivity contribution in [2.75, 3.05) is 0 Å². The van der Waals surface area contributed by atoms with E-state index in [0.717, 1.165) is 0 Å². The van der Waals surface area contributed by atoms with Gasteiger partial charge in [-0.15, -0.1) is 0 Å². The van der Waals surface area contributed by atoms with Crippen molar-refractivity contribution in [3.8, 4) is 0 Å². The molecule has 0 rings (SSSR count). The summed E-state index contributed by atoms with van der Waals surface area (Å²) in [5.74, 6) is 0. The molecule has 0 aliphatic carbocycles. The van der Waals surface area contributed by atoms with E-state index in [1.807, 2.05) is 0 Å². The Kier molecular flexibility index (Phi) is 25.1. The van der Waals surface area contributed by atoms with E-state index in [1.165, 1.54) is 116 Å². The van der Waals surface area contributed by atoms with Crippen LogP contribution in [0.2, 0.25) is 10.5 Å². The van der Waals surface area contributed by atoms with Crippen LogP contribution in [0.3, 0.4) is 0 Å². The van der Waals surface area contributed by atoms with Gasteiger partial charge in [0.2, 0.25) is 0 Å². The molecule has 0 fully saturated rings. The van der Waals surface area contributed by atoms with Crippen molar-refractivity contribution < 1.29 is 0 Å². The number of unbranched alkanes of at least 4 members (excludes halogenated alkanes) is 18. The first kappa shape index (κ1) is 25.5. The molecule has 25 heavy (non-hydrogen) atoms. The second-order valence-corrected chi connectivity index (χ2v) is 12.9. The van der Waals surface area contributed by atoms with Gasteiger partial charge in [-0.3, -0.25) is 0 Å². The second kappa shape index (κ2) is 24.5. The molecule has 0 aromatic rings. The van der Waals surface area contributed by atoms with E-state index < -0.39 is 0 Å². The summed E-state index contributed by atoms with van der Waals surface area (Å²) in [7, 11) is 0. The summed E-state index contributed by atoms with van der Waals surface area (Å²) in [4.78, 5) is 0. The first-order valence-electron chi connectivity index (χ1n) is 12.4. The monoisotopic (exact) mass is 414 g/mol. The average Bonchev–Trinajstić information content (AvgIpc) is 2.63. The van der Waals surface area contributed by atoms with Crippen molar-refractivity contribution in [1.82, 2.24) is 0 Å². The maximum absolute atomic E-state index is 2.31. The van der Waals surface area contributed by atoms with Gasteiger partial charge in [-0.25, -0.2) is 0 Å². The van der Waals surface area contributed by atoms with Gasteiger partial charge >= 0.3 is 168 Å².